The lowest BCUT2D eigenvalue weighted by Crippen LogP contribution is -1.84. The average Bonchev–Trinajstić information content (AvgIpc) is 3.44. The minimum Gasteiger partial charge on any atom is -0.431 e. The molecule has 0 aliphatic rings. The molecule has 7 nitrogen and oxygen atoms in total. The van der Waals surface area contributed by atoms with Crippen LogP contribution in [0.25, 0.3) is 33.8 Å². The van der Waals surface area contributed by atoms with Gasteiger partial charge in [0.25, 0.3) is 11.1 Å². The lowest BCUT2D eigenvalue weighted by molar-refractivity contribution is 0.399. The van der Waals surface area contributed by atoms with Crippen LogP contribution in [0.15, 0.2) is 73.2 Å². The van der Waals surface area contributed by atoms with Gasteiger partial charge >= 0.3 is 0 Å². The number of nitrogens with zero attached hydrogens (tertiary/aromatic N) is 4. The van der Waals surface area contributed by atoms with Gasteiger partial charge in [0.1, 0.15) is 22.5 Å². The molecular formula is C20H14N4O3S. The summed E-state index contributed by atoms with van der Waals surface area (Å²) < 4.78 is 16.9. The zero-order chi connectivity index (χ0) is 18.9. The molecule has 0 spiro atoms. The first-order chi connectivity index (χ1) is 13.8. The second-order valence-corrected chi connectivity index (χ2v) is 6.99. The SMILES string of the molecule is Cc1onc(-c2ccccc2)c1-c1nnc(CSc2nc3ccccc3o2)o1. The van der Waals surface area contributed by atoms with Crippen LogP contribution in [0, 0.1) is 6.92 Å². The Labute approximate surface area is 163 Å². The monoisotopic (exact) mass is 390 g/mol. The summed E-state index contributed by atoms with van der Waals surface area (Å²) in [6.07, 6.45) is 0. The first-order valence-corrected chi connectivity index (χ1v) is 9.59. The van der Waals surface area contributed by atoms with E-state index in [1.54, 1.807) is 0 Å². The van der Waals surface area contributed by atoms with Crippen molar-refractivity contribution in [3.63, 3.8) is 0 Å². The molecule has 138 valence electrons. The third-order valence-electron chi connectivity index (χ3n) is 4.18. The topological polar surface area (TPSA) is 91.0 Å². The predicted molar refractivity (Wildman–Crippen MR) is 104 cm³/mol. The molecule has 0 radical (unpaired) electrons. The highest BCUT2D eigenvalue weighted by Crippen LogP contribution is 2.34. The van der Waals surface area contributed by atoms with Crippen molar-refractivity contribution in [1.29, 1.82) is 0 Å². The number of oxazole rings is 1. The minimum absolute atomic E-state index is 0.380. The Morgan fingerprint density at radius 2 is 1.75 bits per heavy atom. The predicted octanol–water partition coefficient (Wildman–Crippen LogP) is 5.13. The Balaban J connectivity index is 1.39. The number of hydrogen-bond acceptors (Lipinski definition) is 8. The molecular weight excluding hydrogens is 376 g/mol. The molecule has 5 rings (SSSR count). The summed E-state index contributed by atoms with van der Waals surface area (Å²) in [6.45, 7) is 1.83. The number of fused-ring (bicyclic) bond motifs is 1. The molecule has 3 heterocycles. The Kier molecular flexibility index (Phi) is 4.17. The summed E-state index contributed by atoms with van der Waals surface area (Å²) >= 11 is 1.40. The maximum Gasteiger partial charge on any atom is 0.257 e. The maximum absolute atomic E-state index is 5.85. The number of hydrogen-bond donors (Lipinski definition) is 0. The van der Waals surface area contributed by atoms with Gasteiger partial charge in [-0.25, -0.2) is 4.98 Å². The van der Waals surface area contributed by atoms with E-state index in [1.807, 2.05) is 61.5 Å². The second kappa shape index (κ2) is 6.97. The van der Waals surface area contributed by atoms with E-state index in [2.05, 4.69) is 20.3 Å². The standard InChI is InChI=1S/C20H14N4O3S/c1-12-17(18(24-27-12)13-7-3-2-4-8-13)19-23-22-16(26-19)11-28-20-21-14-9-5-6-10-15(14)25-20/h2-10H,11H2,1H3. The summed E-state index contributed by atoms with van der Waals surface area (Å²) in [7, 11) is 0. The number of rotatable bonds is 5. The summed E-state index contributed by atoms with van der Waals surface area (Å²) in [6, 6.07) is 17.4. The summed E-state index contributed by atoms with van der Waals surface area (Å²) in [5.41, 5.74) is 3.89. The minimum atomic E-state index is 0.380. The van der Waals surface area contributed by atoms with Crippen molar-refractivity contribution in [2.45, 2.75) is 17.9 Å². The van der Waals surface area contributed by atoms with Gasteiger partial charge in [0, 0.05) is 5.56 Å². The molecule has 0 unspecified atom stereocenters. The number of para-hydroxylation sites is 2. The fraction of sp³-hybridized carbons (Fsp3) is 0.100. The second-order valence-electron chi connectivity index (χ2n) is 6.07. The lowest BCUT2D eigenvalue weighted by Gasteiger charge is -1.98. The largest absolute Gasteiger partial charge is 0.431 e. The van der Waals surface area contributed by atoms with Gasteiger partial charge in [-0.15, -0.1) is 10.2 Å². The van der Waals surface area contributed by atoms with Crippen LogP contribution in [0.2, 0.25) is 0 Å². The van der Waals surface area contributed by atoms with Crippen LogP contribution in [0.5, 0.6) is 0 Å². The number of aryl methyl sites for hydroxylation is 1. The van der Waals surface area contributed by atoms with Crippen LogP contribution >= 0.6 is 11.8 Å². The first kappa shape index (κ1) is 16.8. The number of benzene rings is 2. The van der Waals surface area contributed by atoms with Crippen LogP contribution in [0.1, 0.15) is 11.7 Å². The van der Waals surface area contributed by atoms with Gasteiger partial charge in [0.05, 0.1) is 5.75 Å². The Bertz CT molecular complexity index is 1210. The van der Waals surface area contributed by atoms with Gasteiger partial charge in [0.2, 0.25) is 5.89 Å². The molecule has 0 amide bonds. The highest BCUT2D eigenvalue weighted by atomic mass is 32.2. The lowest BCUT2D eigenvalue weighted by atomic mass is 10.1. The molecule has 3 aromatic heterocycles. The molecule has 0 saturated heterocycles. The fourth-order valence-corrected chi connectivity index (χ4v) is 3.54. The molecule has 0 atom stereocenters. The normalized spacial score (nSPS) is 11.3. The van der Waals surface area contributed by atoms with E-state index in [-0.39, 0.29) is 0 Å². The summed E-state index contributed by atoms with van der Waals surface area (Å²) in [5, 5.41) is 13.0. The Morgan fingerprint density at radius 1 is 0.929 bits per heavy atom. The van der Waals surface area contributed by atoms with Gasteiger partial charge in [-0.3, -0.25) is 0 Å². The van der Waals surface area contributed by atoms with Crippen LogP contribution in [0.4, 0.5) is 0 Å². The van der Waals surface area contributed by atoms with E-state index in [0.717, 1.165) is 16.7 Å². The molecule has 0 fully saturated rings. The quantitative estimate of drug-likeness (QED) is 0.381. The van der Waals surface area contributed by atoms with E-state index in [4.69, 9.17) is 13.4 Å². The van der Waals surface area contributed by atoms with Crippen LogP contribution in [-0.2, 0) is 5.75 Å². The Morgan fingerprint density at radius 3 is 2.61 bits per heavy atom. The number of thioether (sulfide) groups is 1. The van der Waals surface area contributed by atoms with E-state index < -0.39 is 0 Å². The van der Waals surface area contributed by atoms with Crippen LogP contribution in [-0.4, -0.2) is 20.3 Å². The van der Waals surface area contributed by atoms with Crippen molar-refractivity contribution < 1.29 is 13.4 Å². The molecule has 28 heavy (non-hydrogen) atoms. The zero-order valence-corrected chi connectivity index (χ0v) is 15.6. The summed E-state index contributed by atoms with van der Waals surface area (Å²) in [4.78, 5) is 4.43. The summed E-state index contributed by atoms with van der Waals surface area (Å²) in [5.74, 6) is 1.93. The van der Waals surface area contributed by atoms with Gasteiger partial charge in [-0.1, -0.05) is 59.4 Å². The average molecular weight is 390 g/mol. The molecule has 0 bridgehead atoms. The van der Waals surface area contributed by atoms with Crippen molar-refractivity contribution >= 4 is 22.9 Å². The van der Waals surface area contributed by atoms with E-state index in [0.29, 0.717) is 39.8 Å². The highest BCUT2D eigenvalue weighted by molar-refractivity contribution is 7.98. The fourth-order valence-electron chi connectivity index (χ4n) is 2.87. The van der Waals surface area contributed by atoms with Crippen molar-refractivity contribution in [2.24, 2.45) is 0 Å². The van der Waals surface area contributed by atoms with Crippen LogP contribution < -0.4 is 0 Å². The van der Waals surface area contributed by atoms with Crippen molar-refractivity contribution in [2.75, 3.05) is 0 Å². The molecule has 0 aliphatic carbocycles. The van der Waals surface area contributed by atoms with Gasteiger partial charge in [-0.2, -0.15) is 0 Å². The van der Waals surface area contributed by atoms with Crippen molar-refractivity contribution in [1.82, 2.24) is 20.3 Å². The van der Waals surface area contributed by atoms with Gasteiger partial charge in [0.15, 0.2) is 5.58 Å². The molecule has 8 heteroatoms. The zero-order valence-electron chi connectivity index (χ0n) is 14.8. The molecule has 5 aromatic rings. The van der Waals surface area contributed by atoms with Crippen molar-refractivity contribution in [3.05, 3.63) is 66.2 Å². The first-order valence-electron chi connectivity index (χ1n) is 8.61. The van der Waals surface area contributed by atoms with E-state index in [1.165, 1.54) is 11.8 Å². The molecule has 0 N–H and O–H groups in total. The maximum atomic E-state index is 5.85. The smallest absolute Gasteiger partial charge is 0.257 e. The number of aromatic nitrogens is 4. The highest BCUT2D eigenvalue weighted by Gasteiger charge is 2.22. The van der Waals surface area contributed by atoms with E-state index >= 15 is 0 Å². The van der Waals surface area contributed by atoms with Crippen LogP contribution in [0.3, 0.4) is 0 Å². The molecule has 0 saturated carbocycles. The third kappa shape index (κ3) is 3.07. The van der Waals surface area contributed by atoms with Gasteiger partial charge < -0.3 is 13.4 Å². The Hall–Kier alpha value is -3.39. The molecule has 2 aromatic carbocycles. The van der Waals surface area contributed by atoms with Crippen molar-refractivity contribution in [3.8, 4) is 22.7 Å². The molecule has 0 aliphatic heterocycles. The third-order valence-corrected chi connectivity index (χ3v) is 5.00. The van der Waals surface area contributed by atoms with E-state index in [9.17, 15) is 0 Å². The van der Waals surface area contributed by atoms with Gasteiger partial charge in [-0.05, 0) is 19.1 Å².